The largest absolute Gasteiger partial charge is 0.372 e. The van der Waals surface area contributed by atoms with Gasteiger partial charge in [0.05, 0.1) is 12.7 Å². The van der Waals surface area contributed by atoms with Crippen molar-refractivity contribution in [1.29, 1.82) is 0 Å². The maximum atomic E-state index is 12.6. The lowest BCUT2D eigenvalue weighted by Gasteiger charge is -2.32. The SMILES string of the molecule is Cc1cccc(C(=O)N2CCCC(OCc3cccnc3)C2)c1. The molecule has 2 heterocycles. The van der Waals surface area contributed by atoms with Crippen molar-refractivity contribution in [3.8, 4) is 0 Å². The van der Waals surface area contributed by atoms with Crippen LogP contribution in [0, 0.1) is 6.92 Å². The quantitative estimate of drug-likeness (QED) is 0.871. The molecule has 0 aliphatic carbocycles. The van der Waals surface area contributed by atoms with Gasteiger partial charge >= 0.3 is 0 Å². The molecule has 4 nitrogen and oxygen atoms in total. The summed E-state index contributed by atoms with van der Waals surface area (Å²) in [6.07, 6.45) is 5.65. The van der Waals surface area contributed by atoms with Gasteiger partial charge in [-0.15, -0.1) is 0 Å². The van der Waals surface area contributed by atoms with Crippen LogP contribution in [0.1, 0.15) is 34.3 Å². The number of rotatable bonds is 4. The molecule has 1 fully saturated rings. The molecule has 23 heavy (non-hydrogen) atoms. The van der Waals surface area contributed by atoms with Crippen molar-refractivity contribution in [2.45, 2.75) is 32.5 Å². The Kier molecular flexibility index (Phi) is 5.03. The highest BCUT2D eigenvalue weighted by atomic mass is 16.5. The molecule has 0 spiro atoms. The number of carbonyl (C=O) groups is 1. The molecule has 0 saturated carbocycles. The van der Waals surface area contributed by atoms with Crippen molar-refractivity contribution >= 4 is 5.91 Å². The van der Waals surface area contributed by atoms with Crippen LogP contribution in [0.25, 0.3) is 0 Å². The molecule has 1 aromatic carbocycles. The van der Waals surface area contributed by atoms with Crippen LogP contribution in [0.15, 0.2) is 48.8 Å². The van der Waals surface area contributed by atoms with Crippen molar-refractivity contribution in [3.63, 3.8) is 0 Å². The fourth-order valence-corrected chi connectivity index (χ4v) is 2.92. The van der Waals surface area contributed by atoms with Crippen molar-refractivity contribution in [1.82, 2.24) is 9.88 Å². The first-order chi connectivity index (χ1) is 11.2. The highest BCUT2D eigenvalue weighted by molar-refractivity contribution is 5.94. The molecular weight excluding hydrogens is 288 g/mol. The van der Waals surface area contributed by atoms with Gasteiger partial charge in [-0.05, 0) is 43.5 Å². The van der Waals surface area contributed by atoms with Gasteiger partial charge in [0.25, 0.3) is 5.91 Å². The first-order valence-corrected chi connectivity index (χ1v) is 8.09. The molecule has 3 rings (SSSR count). The van der Waals surface area contributed by atoms with Crippen LogP contribution >= 0.6 is 0 Å². The number of likely N-dealkylation sites (tertiary alicyclic amines) is 1. The van der Waals surface area contributed by atoms with Crippen LogP contribution in [0.4, 0.5) is 0 Å². The van der Waals surface area contributed by atoms with E-state index in [4.69, 9.17) is 4.74 Å². The molecule has 120 valence electrons. The van der Waals surface area contributed by atoms with E-state index in [0.717, 1.165) is 36.1 Å². The lowest BCUT2D eigenvalue weighted by molar-refractivity contribution is -0.00681. The first-order valence-electron chi connectivity index (χ1n) is 8.09. The predicted molar refractivity (Wildman–Crippen MR) is 89.1 cm³/mol. The van der Waals surface area contributed by atoms with Gasteiger partial charge in [-0.3, -0.25) is 9.78 Å². The molecule has 0 bridgehead atoms. The lowest BCUT2D eigenvalue weighted by Crippen LogP contribution is -2.43. The minimum absolute atomic E-state index is 0.0951. The number of piperidine rings is 1. The maximum absolute atomic E-state index is 12.6. The molecule has 0 radical (unpaired) electrons. The monoisotopic (exact) mass is 310 g/mol. The molecule has 1 aliphatic rings. The molecule has 1 atom stereocenters. The summed E-state index contributed by atoms with van der Waals surface area (Å²) >= 11 is 0. The Morgan fingerprint density at radius 2 is 2.26 bits per heavy atom. The summed E-state index contributed by atoms with van der Waals surface area (Å²) in [6.45, 7) is 4.02. The molecular formula is C19H22N2O2. The fraction of sp³-hybridized carbons (Fsp3) is 0.368. The van der Waals surface area contributed by atoms with Gasteiger partial charge in [-0.2, -0.15) is 0 Å². The van der Waals surface area contributed by atoms with Gasteiger partial charge in [-0.1, -0.05) is 23.8 Å². The number of ether oxygens (including phenoxy) is 1. The summed E-state index contributed by atoms with van der Waals surface area (Å²) < 4.78 is 5.98. The zero-order valence-electron chi connectivity index (χ0n) is 13.4. The molecule has 1 aromatic heterocycles. The van der Waals surface area contributed by atoms with E-state index < -0.39 is 0 Å². The third kappa shape index (κ3) is 4.17. The number of pyridine rings is 1. The Hall–Kier alpha value is -2.20. The Balaban J connectivity index is 1.58. The summed E-state index contributed by atoms with van der Waals surface area (Å²) in [4.78, 5) is 18.6. The molecule has 1 unspecified atom stereocenters. The number of hydrogen-bond donors (Lipinski definition) is 0. The first kappa shape index (κ1) is 15.7. The summed E-state index contributed by atoms with van der Waals surface area (Å²) in [7, 11) is 0. The van der Waals surface area contributed by atoms with Gasteiger partial charge in [0, 0.05) is 31.0 Å². The van der Waals surface area contributed by atoms with Crippen molar-refractivity contribution in [2.75, 3.05) is 13.1 Å². The summed E-state index contributed by atoms with van der Waals surface area (Å²) in [5, 5.41) is 0. The van der Waals surface area contributed by atoms with E-state index >= 15 is 0 Å². The van der Waals surface area contributed by atoms with E-state index in [9.17, 15) is 4.79 Å². The average Bonchev–Trinajstić information content (AvgIpc) is 2.60. The molecule has 1 saturated heterocycles. The molecule has 1 aliphatic heterocycles. The van der Waals surface area contributed by atoms with E-state index in [1.807, 2.05) is 54.4 Å². The van der Waals surface area contributed by atoms with Crippen LogP contribution in [0.3, 0.4) is 0 Å². The number of aryl methyl sites for hydroxylation is 1. The van der Waals surface area contributed by atoms with Gasteiger partial charge in [-0.25, -0.2) is 0 Å². The van der Waals surface area contributed by atoms with Crippen molar-refractivity contribution in [2.24, 2.45) is 0 Å². The Bertz CT molecular complexity index is 657. The standard InChI is InChI=1S/C19H22N2O2/c1-15-5-2-7-17(11-15)19(22)21-10-4-8-18(13-21)23-14-16-6-3-9-20-12-16/h2-3,5-7,9,11-12,18H,4,8,10,13-14H2,1H3. The molecule has 1 amide bonds. The number of aromatic nitrogens is 1. The van der Waals surface area contributed by atoms with Crippen LogP contribution in [-0.4, -0.2) is 35.0 Å². The van der Waals surface area contributed by atoms with E-state index in [0.29, 0.717) is 13.2 Å². The van der Waals surface area contributed by atoms with Crippen LogP contribution in [0.2, 0.25) is 0 Å². The topological polar surface area (TPSA) is 42.4 Å². The molecule has 2 aromatic rings. The van der Waals surface area contributed by atoms with Crippen LogP contribution in [-0.2, 0) is 11.3 Å². The normalized spacial score (nSPS) is 18.0. The summed E-state index contributed by atoms with van der Waals surface area (Å²) in [5.74, 6) is 0.100. The zero-order valence-corrected chi connectivity index (χ0v) is 13.4. The number of nitrogens with zero attached hydrogens (tertiary/aromatic N) is 2. The summed E-state index contributed by atoms with van der Waals surface area (Å²) in [5.41, 5.74) is 2.93. The Morgan fingerprint density at radius 3 is 3.04 bits per heavy atom. The predicted octanol–water partition coefficient (Wildman–Crippen LogP) is 3.21. The highest BCUT2D eigenvalue weighted by Gasteiger charge is 2.25. The second kappa shape index (κ2) is 7.38. The summed E-state index contributed by atoms with van der Waals surface area (Å²) in [6, 6.07) is 11.7. The Labute approximate surface area is 137 Å². The second-order valence-corrected chi connectivity index (χ2v) is 6.06. The third-order valence-corrected chi connectivity index (χ3v) is 4.14. The minimum atomic E-state index is 0.0951. The van der Waals surface area contributed by atoms with E-state index in [1.165, 1.54) is 0 Å². The van der Waals surface area contributed by atoms with Gasteiger partial charge in [0.1, 0.15) is 0 Å². The third-order valence-electron chi connectivity index (χ3n) is 4.14. The van der Waals surface area contributed by atoms with Crippen molar-refractivity contribution < 1.29 is 9.53 Å². The Morgan fingerprint density at radius 1 is 1.35 bits per heavy atom. The number of benzene rings is 1. The van der Waals surface area contributed by atoms with Crippen LogP contribution < -0.4 is 0 Å². The fourth-order valence-electron chi connectivity index (χ4n) is 2.92. The molecule has 4 heteroatoms. The number of hydrogen-bond acceptors (Lipinski definition) is 3. The van der Waals surface area contributed by atoms with E-state index in [-0.39, 0.29) is 12.0 Å². The minimum Gasteiger partial charge on any atom is -0.372 e. The second-order valence-electron chi connectivity index (χ2n) is 6.06. The molecule has 0 N–H and O–H groups in total. The lowest BCUT2D eigenvalue weighted by atomic mass is 10.1. The van der Waals surface area contributed by atoms with Crippen LogP contribution in [0.5, 0.6) is 0 Å². The smallest absolute Gasteiger partial charge is 0.253 e. The average molecular weight is 310 g/mol. The number of amides is 1. The van der Waals surface area contributed by atoms with Crippen molar-refractivity contribution in [3.05, 3.63) is 65.5 Å². The maximum Gasteiger partial charge on any atom is 0.253 e. The van der Waals surface area contributed by atoms with Gasteiger partial charge in [0.2, 0.25) is 0 Å². The highest BCUT2D eigenvalue weighted by Crippen LogP contribution is 2.18. The van der Waals surface area contributed by atoms with Gasteiger partial charge in [0.15, 0.2) is 0 Å². The zero-order chi connectivity index (χ0) is 16.1. The number of carbonyl (C=O) groups excluding carboxylic acids is 1. The van der Waals surface area contributed by atoms with Gasteiger partial charge < -0.3 is 9.64 Å². The van der Waals surface area contributed by atoms with E-state index in [1.54, 1.807) is 6.20 Å². The van der Waals surface area contributed by atoms with E-state index in [2.05, 4.69) is 4.98 Å².